The molecule has 0 amide bonds. The monoisotopic (exact) mass is 340 g/mol. The Labute approximate surface area is 140 Å². The summed E-state index contributed by atoms with van der Waals surface area (Å²) in [6.45, 7) is 3.90. The second-order valence-corrected chi connectivity index (χ2v) is 6.74. The quantitative estimate of drug-likeness (QED) is 0.727. The third kappa shape index (κ3) is 3.67. The summed E-state index contributed by atoms with van der Waals surface area (Å²) < 4.78 is 51.7. The van der Waals surface area contributed by atoms with E-state index in [-0.39, 0.29) is 18.1 Å². The lowest BCUT2D eigenvalue weighted by Crippen LogP contribution is -2.37. The van der Waals surface area contributed by atoms with Crippen LogP contribution in [-0.2, 0) is 16.1 Å². The summed E-state index contributed by atoms with van der Waals surface area (Å²) in [5.41, 5.74) is 0.145. The third-order valence-electron chi connectivity index (χ3n) is 5.21. The Morgan fingerprint density at radius 3 is 2.12 bits per heavy atom. The Morgan fingerprint density at radius 2 is 1.62 bits per heavy atom. The molecule has 1 saturated heterocycles. The van der Waals surface area contributed by atoms with Crippen molar-refractivity contribution in [3.8, 4) is 0 Å². The highest BCUT2D eigenvalue weighted by molar-refractivity contribution is 5.28. The van der Waals surface area contributed by atoms with E-state index in [1.54, 1.807) is 0 Å². The highest BCUT2D eigenvalue weighted by Crippen LogP contribution is 2.39. The lowest BCUT2D eigenvalue weighted by Gasteiger charge is -2.37. The average molecular weight is 340 g/mol. The molecule has 0 N–H and O–H groups in total. The van der Waals surface area contributed by atoms with Crippen LogP contribution in [0.5, 0.6) is 0 Å². The molecule has 3 rings (SSSR count). The van der Waals surface area contributed by atoms with Gasteiger partial charge in [-0.25, -0.2) is 13.2 Å². The van der Waals surface area contributed by atoms with Gasteiger partial charge in [-0.2, -0.15) is 0 Å². The lowest BCUT2D eigenvalue weighted by molar-refractivity contribution is -0.222. The van der Waals surface area contributed by atoms with Crippen LogP contribution in [0.1, 0.15) is 42.7 Å². The van der Waals surface area contributed by atoms with Crippen molar-refractivity contribution >= 4 is 0 Å². The normalized spacial score (nSPS) is 31.0. The standard InChI is InChI=1S/C19H23F3O2/c1-2-12-10-23-19(24-11-12)14-5-3-13(4-6-14)15-7-17(21)16(9-20)18(22)8-15/h2,7-8,12-14,19H,1,3-6,9-11H2. The molecule has 1 aliphatic carbocycles. The van der Waals surface area contributed by atoms with E-state index in [1.165, 1.54) is 12.1 Å². The van der Waals surface area contributed by atoms with Crippen molar-refractivity contribution < 1.29 is 22.6 Å². The van der Waals surface area contributed by atoms with Gasteiger partial charge in [0, 0.05) is 11.8 Å². The molecule has 24 heavy (non-hydrogen) atoms. The van der Waals surface area contributed by atoms with Gasteiger partial charge in [-0.1, -0.05) is 6.08 Å². The molecular weight excluding hydrogens is 317 g/mol. The summed E-state index contributed by atoms with van der Waals surface area (Å²) in [5, 5.41) is 0. The van der Waals surface area contributed by atoms with Crippen LogP contribution in [0.3, 0.4) is 0 Å². The summed E-state index contributed by atoms with van der Waals surface area (Å²) >= 11 is 0. The van der Waals surface area contributed by atoms with Gasteiger partial charge in [-0.05, 0) is 49.3 Å². The smallest absolute Gasteiger partial charge is 0.160 e. The molecule has 132 valence electrons. The molecule has 1 aromatic carbocycles. The van der Waals surface area contributed by atoms with Crippen molar-refractivity contribution in [2.45, 2.75) is 44.6 Å². The third-order valence-corrected chi connectivity index (χ3v) is 5.21. The molecule has 1 saturated carbocycles. The van der Waals surface area contributed by atoms with Gasteiger partial charge >= 0.3 is 0 Å². The first-order valence-corrected chi connectivity index (χ1v) is 8.52. The maximum absolute atomic E-state index is 13.8. The van der Waals surface area contributed by atoms with Crippen molar-refractivity contribution in [3.63, 3.8) is 0 Å². The predicted octanol–water partition coefficient (Wildman–Crippen LogP) is 4.88. The van der Waals surface area contributed by atoms with Crippen LogP contribution < -0.4 is 0 Å². The van der Waals surface area contributed by atoms with Gasteiger partial charge in [-0.15, -0.1) is 6.58 Å². The largest absolute Gasteiger partial charge is 0.352 e. The maximum atomic E-state index is 13.8. The highest BCUT2D eigenvalue weighted by atomic mass is 19.1. The molecule has 0 bridgehead atoms. The fourth-order valence-corrected chi connectivity index (χ4v) is 3.65. The molecule has 1 aromatic rings. The van der Waals surface area contributed by atoms with Crippen LogP contribution in [0, 0.1) is 23.5 Å². The van der Waals surface area contributed by atoms with Crippen molar-refractivity contribution in [3.05, 3.63) is 47.5 Å². The molecule has 0 atom stereocenters. The second kappa shape index (κ2) is 7.70. The van der Waals surface area contributed by atoms with Gasteiger partial charge in [0.2, 0.25) is 0 Å². The Kier molecular flexibility index (Phi) is 5.61. The van der Waals surface area contributed by atoms with Gasteiger partial charge in [0.05, 0.1) is 18.8 Å². The van der Waals surface area contributed by atoms with Crippen molar-refractivity contribution in [1.29, 1.82) is 0 Å². The average Bonchev–Trinajstić information content (AvgIpc) is 2.62. The number of hydrogen-bond donors (Lipinski definition) is 0. The van der Waals surface area contributed by atoms with Crippen LogP contribution in [0.4, 0.5) is 13.2 Å². The van der Waals surface area contributed by atoms with E-state index in [0.717, 1.165) is 25.7 Å². The molecule has 1 aliphatic heterocycles. The summed E-state index contributed by atoms with van der Waals surface area (Å²) in [6, 6.07) is 2.57. The van der Waals surface area contributed by atoms with Gasteiger partial charge in [-0.3, -0.25) is 0 Å². The SMILES string of the molecule is C=CC1COC(C2CCC(c3cc(F)c(CF)c(F)c3)CC2)OC1. The summed E-state index contributed by atoms with van der Waals surface area (Å²) in [4.78, 5) is 0. The van der Waals surface area contributed by atoms with E-state index in [4.69, 9.17) is 9.47 Å². The zero-order valence-electron chi connectivity index (χ0n) is 13.6. The molecule has 1 heterocycles. The van der Waals surface area contributed by atoms with Crippen molar-refractivity contribution in [1.82, 2.24) is 0 Å². The predicted molar refractivity (Wildman–Crippen MR) is 85.2 cm³/mol. The number of rotatable bonds is 4. The van der Waals surface area contributed by atoms with E-state index >= 15 is 0 Å². The van der Waals surface area contributed by atoms with Gasteiger partial charge in [0.15, 0.2) is 6.29 Å². The first-order valence-electron chi connectivity index (χ1n) is 8.52. The van der Waals surface area contributed by atoms with Gasteiger partial charge in [0.1, 0.15) is 18.3 Å². The molecule has 5 heteroatoms. The molecule has 2 fully saturated rings. The van der Waals surface area contributed by atoms with Crippen LogP contribution in [-0.4, -0.2) is 19.5 Å². The molecule has 0 unspecified atom stereocenters. The summed E-state index contributed by atoms with van der Waals surface area (Å²) in [6.07, 6.45) is 5.09. The Balaban J connectivity index is 1.58. The Bertz CT molecular complexity index is 551. The fourth-order valence-electron chi connectivity index (χ4n) is 3.65. The van der Waals surface area contributed by atoms with E-state index in [1.807, 2.05) is 6.08 Å². The van der Waals surface area contributed by atoms with Crippen LogP contribution in [0.2, 0.25) is 0 Å². The molecule has 0 radical (unpaired) electrons. The first-order chi connectivity index (χ1) is 11.6. The minimum absolute atomic E-state index is 0.100. The highest BCUT2D eigenvalue weighted by Gasteiger charge is 2.32. The fraction of sp³-hybridized carbons (Fsp3) is 0.579. The van der Waals surface area contributed by atoms with Crippen LogP contribution >= 0.6 is 0 Å². The minimum atomic E-state index is -1.12. The summed E-state index contributed by atoms with van der Waals surface area (Å²) in [7, 11) is 0. The lowest BCUT2D eigenvalue weighted by atomic mass is 9.78. The number of ether oxygens (including phenoxy) is 2. The van der Waals surface area contributed by atoms with Crippen LogP contribution in [0.25, 0.3) is 0 Å². The Morgan fingerprint density at radius 1 is 1.04 bits per heavy atom. The number of alkyl halides is 1. The molecular formula is C19H23F3O2. The molecule has 2 nitrogen and oxygen atoms in total. The zero-order valence-corrected chi connectivity index (χ0v) is 13.6. The number of halogens is 3. The number of hydrogen-bond acceptors (Lipinski definition) is 2. The zero-order chi connectivity index (χ0) is 17.1. The van der Waals surface area contributed by atoms with Gasteiger partial charge < -0.3 is 9.47 Å². The van der Waals surface area contributed by atoms with Crippen LogP contribution in [0.15, 0.2) is 24.8 Å². The van der Waals surface area contributed by atoms with E-state index in [0.29, 0.717) is 24.7 Å². The van der Waals surface area contributed by atoms with E-state index in [2.05, 4.69) is 6.58 Å². The first kappa shape index (κ1) is 17.5. The summed E-state index contributed by atoms with van der Waals surface area (Å²) in [5.74, 6) is -0.916. The topological polar surface area (TPSA) is 18.5 Å². The maximum Gasteiger partial charge on any atom is 0.160 e. The van der Waals surface area contributed by atoms with E-state index < -0.39 is 23.9 Å². The van der Waals surface area contributed by atoms with E-state index in [9.17, 15) is 13.2 Å². The Hall–Kier alpha value is -1.33. The minimum Gasteiger partial charge on any atom is -0.352 e. The second-order valence-electron chi connectivity index (χ2n) is 6.74. The molecule has 2 aliphatic rings. The number of benzene rings is 1. The van der Waals surface area contributed by atoms with Crippen molar-refractivity contribution in [2.75, 3.05) is 13.2 Å². The van der Waals surface area contributed by atoms with Gasteiger partial charge in [0.25, 0.3) is 0 Å². The van der Waals surface area contributed by atoms with Crippen molar-refractivity contribution in [2.24, 2.45) is 11.8 Å². The molecule has 0 aromatic heterocycles. The molecule has 0 spiro atoms.